The minimum atomic E-state index is -1.04. The molecule has 5 atom stereocenters. The van der Waals surface area contributed by atoms with Crippen molar-refractivity contribution in [2.24, 2.45) is 0 Å². The van der Waals surface area contributed by atoms with Crippen LogP contribution in [0.1, 0.15) is 37.0 Å². The summed E-state index contributed by atoms with van der Waals surface area (Å²) in [5.41, 5.74) is 2.60. The van der Waals surface area contributed by atoms with Crippen molar-refractivity contribution >= 4 is 23.9 Å². The molecule has 0 aliphatic carbocycles. The van der Waals surface area contributed by atoms with Crippen LogP contribution in [0, 0.1) is 0 Å². The molecule has 0 spiro atoms. The van der Waals surface area contributed by atoms with Crippen LogP contribution in [-0.4, -0.2) is 65.0 Å². The molecule has 2 amide bonds. The largest absolute Gasteiger partial charge is 0.391 e. The zero-order chi connectivity index (χ0) is 24.5. The highest BCUT2D eigenvalue weighted by Gasteiger charge is 2.42. The molecule has 0 bridgehead atoms. The summed E-state index contributed by atoms with van der Waals surface area (Å²) in [7, 11) is 0. The number of carbonyl (C=O) groups is 2. The summed E-state index contributed by atoms with van der Waals surface area (Å²) in [6.07, 6.45) is -3.20. The van der Waals surface area contributed by atoms with Gasteiger partial charge in [0.1, 0.15) is 6.10 Å². The third-order valence-corrected chi connectivity index (χ3v) is 6.12. The van der Waals surface area contributed by atoms with Crippen molar-refractivity contribution in [3.05, 3.63) is 60.2 Å². The van der Waals surface area contributed by atoms with Crippen molar-refractivity contribution in [3.8, 4) is 11.1 Å². The first-order chi connectivity index (χ1) is 16.4. The van der Waals surface area contributed by atoms with E-state index in [9.17, 15) is 19.8 Å². The highest BCUT2D eigenvalue weighted by Crippen LogP contribution is 2.27. The van der Waals surface area contributed by atoms with Gasteiger partial charge in [-0.3, -0.25) is 13.8 Å². The SMILES string of the molecule is CCSOC1CC(O)[C@@H](NC(C)=O)C(C(O)CCNC(=O)c2ccc(-c3ccccc3)cc2)O1. The summed E-state index contributed by atoms with van der Waals surface area (Å²) >= 11 is 1.20. The molecule has 34 heavy (non-hydrogen) atoms. The van der Waals surface area contributed by atoms with Crippen molar-refractivity contribution in [2.75, 3.05) is 12.3 Å². The minimum Gasteiger partial charge on any atom is -0.391 e. The van der Waals surface area contributed by atoms with Crippen LogP contribution in [-0.2, 0) is 13.7 Å². The van der Waals surface area contributed by atoms with Gasteiger partial charge >= 0.3 is 0 Å². The Morgan fingerprint density at radius 1 is 1.15 bits per heavy atom. The van der Waals surface area contributed by atoms with Gasteiger partial charge in [-0.2, -0.15) is 0 Å². The summed E-state index contributed by atoms with van der Waals surface area (Å²) in [6.45, 7) is 3.46. The van der Waals surface area contributed by atoms with E-state index in [2.05, 4.69) is 10.6 Å². The lowest BCUT2D eigenvalue weighted by molar-refractivity contribution is -0.210. The van der Waals surface area contributed by atoms with Crippen molar-refractivity contribution < 1.29 is 28.7 Å². The van der Waals surface area contributed by atoms with E-state index in [1.165, 1.54) is 19.0 Å². The number of aliphatic hydroxyl groups excluding tert-OH is 2. The average Bonchev–Trinajstić information content (AvgIpc) is 2.84. The van der Waals surface area contributed by atoms with Gasteiger partial charge in [0.2, 0.25) is 5.91 Å². The summed E-state index contributed by atoms with van der Waals surface area (Å²) < 4.78 is 11.4. The van der Waals surface area contributed by atoms with Gasteiger partial charge in [0.15, 0.2) is 6.29 Å². The zero-order valence-corrected chi connectivity index (χ0v) is 20.2. The number of rotatable bonds is 10. The Labute approximate surface area is 204 Å². The summed E-state index contributed by atoms with van der Waals surface area (Å²) in [5, 5.41) is 26.7. The monoisotopic (exact) mass is 488 g/mol. The van der Waals surface area contributed by atoms with E-state index < -0.39 is 30.6 Å². The van der Waals surface area contributed by atoms with Gasteiger partial charge in [-0.1, -0.05) is 49.4 Å². The molecule has 4 unspecified atom stereocenters. The second-order valence-electron chi connectivity index (χ2n) is 8.12. The van der Waals surface area contributed by atoms with Crippen LogP contribution in [0.25, 0.3) is 11.1 Å². The van der Waals surface area contributed by atoms with Gasteiger partial charge in [-0.15, -0.1) is 0 Å². The Kier molecular flexibility index (Phi) is 9.91. The number of nitrogens with one attached hydrogen (secondary N) is 2. The van der Waals surface area contributed by atoms with E-state index in [1.54, 1.807) is 12.1 Å². The molecule has 0 radical (unpaired) electrons. The fraction of sp³-hybridized carbons (Fsp3) is 0.440. The van der Waals surface area contributed by atoms with E-state index in [-0.39, 0.29) is 31.2 Å². The van der Waals surface area contributed by atoms with Crippen molar-refractivity contribution in [2.45, 2.75) is 57.3 Å². The normalized spacial score (nSPS) is 23.2. The number of benzene rings is 2. The molecule has 1 saturated heterocycles. The second kappa shape index (κ2) is 12.9. The Morgan fingerprint density at radius 2 is 1.82 bits per heavy atom. The number of amides is 2. The maximum Gasteiger partial charge on any atom is 0.251 e. The Morgan fingerprint density at radius 3 is 2.47 bits per heavy atom. The molecule has 1 fully saturated rings. The molecule has 4 N–H and O–H groups in total. The molecule has 184 valence electrons. The van der Waals surface area contributed by atoms with Crippen molar-refractivity contribution in [1.29, 1.82) is 0 Å². The number of aliphatic hydroxyl groups is 2. The standard InChI is InChI=1S/C25H32N2O6S/c1-3-34-33-22-15-21(30)23(27-16(2)28)24(32-22)20(29)13-14-26-25(31)19-11-9-18(10-12-19)17-7-5-4-6-8-17/h4-12,20-24,29-30H,3,13-15H2,1-2H3,(H,26,31)(H,27,28)/t20?,21?,22?,23-,24?/m1/s1. The van der Waals surface area contributed by atoms with E-state index in [0.29, 0.717) is 11.3 Å². The first-order valence-corrected chi connectivity index (χ1v) is 12.3. The molecule has 0 saturated carbocycles. The molecular weight excluding hydrogens is 456 g/mol. The number of hydrogen-bond acceptors (Lipinski definition) is 7. The molecule has 8 nitrogen and oxygen atoms in total. The molecule has 1 aliphatic rings. The van der Waals surface area contributed by atoms with E-state index >= 15 is 0 Å². The van der Waals surface area contributed by atoms with Crippen LogP contribution in [0.15, 0.2) is 54.6 Å². The molecule has 1 aliphatic heterocycles. The molecule has 2 aromatic rings. The summed E-state index contributed by atoms with van der Waals surface area (Å²) in [4.78, 5) is 24.1. The van der Waals surface area contributed by atoms with Crippen LogP contribution >= 0.6 is 12.0 Å². The van der Waals surface area contributed by atoms with Gasteiger partial charge in [-0.05, 0) is 41.7 Å². The third kappa shape index (κ3) is 7.28. The maximum absolute atomic E-state index is 12.5. The highest BCUT2D eigenvalue weighted by atomic mass is 32.2. The van der Waals surface area contributed by atoms with Gasteiger partial charge in [0.05, 0.1) is 18.2 Å². The number of hydrogen-bond donors (Lipinski definition) is 4. The Balaban J connectivity index is 1.55. The maximum atomic E-state index is 12.5. The lowest BCUT2D eigenvalue weighted by Gasteiger charge is -2.41. The van der Waals surface area contributed by atoms with Crippen LogP contribution in [0.4, 0.5) is 0 Å². The Bertz CT molecular complexity index is 927. The summed E-state index contributed by atoms with van der Waals surface area (Å²) in [5.74, 6) is 0.117. The fourth-order valence-electron chi connectivity index (χ4n) is 3.87. The molecule has 1 heterocycles. The molecule has 3 rings (SSSR count). The van der Waals surface area contributed by atoms with Gasteiger partial charge in [-0.25, -0.2) is 0 Å². The average molecular weight is 489 g/mol. The van der Waals surface area contributed by atoms with Gasteiger partial charge in [0, 0.05) is 31.2 Å². The molecule has 0 aromatic heterocycles. The van der Waals surface area contributed by atoms with Crippen LogP contribution in [0.5, 0.6) is 0 Å². The smallest absolute Gasteiger partial charge is 0.251 e. The van der Waals surface area contributed by atoms with Crippen LogP contribution in [0.2, 0.25) is 0 Å². The molecule has 2 aromatic carbocycles. The third-order valence-electron chi connectivity index (χ3n) is 5.53. The number of carbonyl (C=O) groups excluding carboxylic acids is 2. The van der Waals surface area contributed by atoms with Crippen molar-refractivity contribution in [3.63, 3.8) is 0 Å². The van der Waals surface area contributed by atoms with Gasteiger partial charge < -0.3 is 25.6 Å². The van der Waals surface area contributed by atoms with E-state index in [4.69, 9.17) is 8.92 Å². The van der Waals surface area contributed by atoms with Gasteiger partial charge in [0.25, 0.3) is 5.91 Å². The molecular formula is C25H32N2O6S. The topological polar surface area (TPSA) is 117 Å². The van der Waals surface area contributed by atoms with Crippen molar-refractivity contribution in [1.82, 2.24) is 10.6 Å². The second-order valence-corrected chi connectivity index (χ2v) is 9.12. The van der Waals surface area contributed by atoms with E-state index in [0.717, 1.165) is 11.1 Å². The fourth-order valence-corrected chi connectivity index (χ4v) is 4.28. The predicted octanol–water partition coefficient (Wildman–Crippen LogP) is 2.50. The quantitative estimate of drug-likeness (QED) is 0.380. The lowest BCUT2D eigenvalue weighted by atomic mass is 9.93. The number of ether oxygens (including phenoxy) is 1. The minimum absolute atomic E-state index is 0.176. The zero-order valence-electron chi connectivity index (χ0n) is 19.3. The van der Waals surface area contributed by atoms with E-state index in [1.807, 2.05) is 49.4 Å². The van der Waals surface area contributed by atoms with Crippen LogP contribution < -0.4 is 10.6 Å². The summed E-state index contributed by atoms with van der Waals surface area (Å²) in [6, 6.07) is 16.4. The first-order valence-electron chi connectivity index (χ1n) is 11.4. The predicted molar refractivity (Wildman–Crippen MR) is 131 cm³/mol. The molecule has 9 heteroatoms. The highest BCUT2D eigenvalue weighted by molar-refractivity contribution is 7.94. The first kappa shape index (κ1) is 26.2. The lowest BCUT2D eigenvalue weighted by Crippen LogP contribution is -2.60. The Hall–Kier alpha value is -2.43. The van der Waals surface area contributed by atoms with Crippen LogP contribution in [0.3, 0.4) is 0 Å².